The van der Waals surface area contributed by atoms with E-state index in [2.05, 4.69) is 40.6 Å². The van der Waals surface area contributed by atoms with Crippen LogP contribution in [0.5, 0.6) is 0 Å². The molecular weight excluding hydrogens is 370 g/mol. The van der Waals surface area contributed by atoms with Gasteiger partial charge in [0.15, 0.2) is 10.9 Å². The third-order valence-electron chi connectivity index (χ3n) is 5.12. The zero-order chi connectivity index (χ0) is 19.1. The zero-order valence-corrected chi connectivity index (χ0v) is 15.8. The van der Waals surface area contributed by atoms with E-state index in [1.165, 1.54) is 22.1 Å². The Hall–Kier alpha value is -3.25. The van der Waals surface area contributed by atoms with Crippen LogP contribution in [0, 0.1) is 0 Å². The van der Waals surface area contributed by atoms with Crippen molar-refractivity contribution in [3.05, 3.63) is 72.7 Å². The molecule has 5 rings (SSSR count). The van der Waals surface area contributed by atoms with Gasteiger partial charge >= 0.3 is 0 Å². The van der Waals surface area contributed by atoms with Gasteiger partial charge in [-0.1, -0.05) is 47.7 Å². The monoisotopic (exact) mass is 387 g/mol. The first-order valence-corrected chi connectivity index (χ1v) is 9.96. The maximum atomic E-state index is 12.8. The van der Waals surface area contributed by atoms with Crippen molar-refractivity contribution in [2.45, 2.75) is 18.9 Å². The van der Waals surface area contributed by atoms with Crippen molar-refractivity contribution in [3.63, 3.8) is 0 Å². The molecule has 1 aliphatic rings. The molecule has 1 aliphatic heterocycles. The number of fused-ring (bicyclic) bond motifs is 2. The summed E-state index contributed by atoms with van der Waals surface area (Å²) in [6, 6.07) is 17.7. The maximum Gasteiger partial charge on any atom is 0.249 e. The molecule has 2 aromatic heterocycles. The summed E-state index contributed by atoms with van der Waals surface area (Å²) in [6.45, 7) is 0. The number of Topliss-reactive ketones (excluding diaryl/α,β-unsaturated/α-hetero) is 1. The third-order valence-corrected chi connectivity index (χ3v) is 6.08. The van der Waals surface area contributed by atoms with Crippen LogP contribution in [0.2, 0.25) is 0 Å². The standard InChI is InChI=1S/C22H17N3O2S/c26-19-10-9-18(25-11-3-6-17(19)25)21(27)24-22-23-13-20(28-22)16-8-7-14-4-1-2-5-15(14)12-16/h1-8,11-13,18H,9-10H2,(H,23,24,27). The van der Waals surface area contributed by atoms with Crippen molar-refractivity contribution >= 4 is 38.9 Å². The Morgan fingerprint density at radius 1 is 1.11 bits per heavy atom. The Kier molecular flexibility index (Phi) is 4.06. The summed E-state index contributed by atoms with van der Waals surface area (Å²) in [7, 11) is 0. The first-order chi connectivity index (χ1) is 13.7. The fourth-order valence-corrected chi connectivity index (χ4v) is 4.51. The number of anilines is 1. The van der Waals surface area contributed by atoms with E-state index in [0.717, 1.165) is 10.4 Å². The van der Waals surface area contributed by atoms with Crippen LogP contribution in [-0.4, -0.2) is 21.2 Å². The Morgan fingerprint density at radius 2 is 1.96 bits per heavy atom. The lowest BCUT2D eigenvalue weighted by molar-refractivity contribution is -0.119. The zero-order valence-electron chi connectivity index (χ0n) is 15.0. The van der Waals surface area contributed by atoms with E-state index < -0.39 is 0 Å². The number of carbonyl (C=O) groups is 2. The quantitative estimate of drug-likeness (QED) is 0.543. The van der Waals surface area contributed by atoms with E-state index in [4.69, 9.17) is 0 Å². The maximum absolute atomic E-state index is 12.8. The van der Waals surface area contributed by atoms with Crippen molar-refractivity contribution in [2.24, 2.45) is 0 Å². The molecule has 0 saturated carbocycles. The summed E-state index contributed by atoms with van der Waals surface area (Å²) in [5.74, 6) is -0.0498. The number of hydrogen-bond acceptors (Lipinski definition) is 4. The van der Waals surface area contributed by atoms with Gasteiger partial charge in [-0.25, -0.2) is 4.98 Å². The Morgan fingerprint density at radius 3 is 2.86 bits per heavy atom. The summed E-state index contributed by atoms with van der Waals surface area (Å²) in [5.41, 5.74) is 1.68. The van der Waals surface area contributed by atoms with E-state index in [1.54, 1.807) is 29.1 Å². The van der Waals surface area contributed by atoms with Gasteiger partial charge in [0, 0.05) is 18.8 Å². The van der Waals surface area contributed by atoms with Gasteiger partial charge in [-0.3, -0.25) is 9.59 Å². The first-order valence-electron chi connectivity index (χ1n) is 9.15. The van der Waals surface area contributed by atoms with E-state index in [-0.39, 0.29) is 17.7 Å². The van der Waals surface area contributed by atoms with Crippen LogP contribution in [0.4, 0.5) is 5.13 Å². The number of aromatic nitrogens is 2. The summed E-state index contributed by atoms with van der Waals surface area (Å²) < 4.78 is 1.76. The number of benzene rings is 2. The molecule has 3 heterocycles. The molecule has 6 heteroatoms. The van der Waals surface area contributed by atoms with Crippen LogP contribution in [0.1, 0.15) is 29.4 Å². The van der Waals surface area contributed by atoms with Crippen LogP contribution in [0.15, 0.2) is 67.0 Å². The van der Waals surface area contributed by atoms with Crippen LogP contribution in [-0.2, 0) is 4.79 Å². The molecule has 1 unspecified atom stereocenters. The fourth-order valence-electron chi connectivity index (χ4n) is 3.69. The first kappa shape index (κ1) is 16.9. The minimum absolute atomic E-state index is 0.0851. The predicted octanol–water partition coefficient (Wildman–Crippen LogP) is 4.92. The van der Waals surface area contributed by atoms with E-state index in [1.807, 2.05) is 12.1 Å². The molecule has 2 aromatic carbocycles. The molecule has 5 nitrogen and oxygen atoms in total. The highest BCUT2D eigenvalue weighted by Crippen LogP contribution is 2.32. The van der Waals surface area contributed by atoms with Crippen LogP contribution < -0.4 is 5.32 Å². The molecule has 138 valence electrons. The largest absolute Gasteiger partial charge is 0.333 e. The molecule has 4 aromatic rings. The van der Waals surface area contributed by atoms with Crippen molar-refractivity contribution < 1.29 is 9.59 Å². The number of thiazole rings is 1. The Bertz CT molecular complexity index is 1210. The van der Waals surface area contributed by atoms with Crippen molar-refractivity contribution in [3.8, 4) is 10.4 Å². The van der Waals surface area contributed by atoms with Crippen LogP contribution >= 0.6 is 11.3 Å². The number of nitrogens with zero attached hydrogens (tertiary/aromatic N) is 2. The molecule has 0 saturated heterocycles. The highest BCUT2D eigenvalue weighted by atomic mass is 32.1. The minimum atomic E-state index is -0.379. The molecule has 1 atom stereocenters. The number of hydrogen-bond donors (Lipinski definition) is 1. The van der Waals surface area contributed by atoms with Gasteiger partial charge < -0.3 is 9.88 Å². The van der Waals surface area contributed by atoms with Gasteiger partial charge in [0.25, 0.3) is 0 Å². The molecule has 1 N–H and O–H groups in total. The van der Waals surface area contributed by atoms with E-state index >= 15 is 0 Å². The Labute approximate surface area is 165 Å². The highest BCUT2D eigenvalue weighted by molar-refractivity contribution is 7.19. The molecule has 0 spiro atoms. The van der Waals surface area contributed by atoms with Gasteiger partial charge in [0.05, 0.1) is 10.6 Å². The van der Waals surface area contributed by atoms with Crippen molar-refractivity contribution in [1.82, 2.24) is 9.55 Å². The summed E-state index contributed by atoms with van der Waals surface area (Å²) >= 11 is 1.45. The second-order valence-corrected chi connectivity index (χ2v) is 7.89. The molecule has 0 aliphatic carbocycles. The van der Waals surface area contributed by atoms with Gasteiger partial charge in [0.2, 0.25) is 5.91 Å². The highest BCUT2D eigenvalue weighted by Gasteiger charge is 2.29. The normalized spacial score (nSPS) is 16.1. The van der Waals surface area contributed by atoms with Gasteiger partial charge in [-0.15, -0.1) is 0 Å². The molecule has 28 heavy (non-hydrogen) atoms. The van der Waals surface area contributed by atoms with Gasteiger partial charge in [0.1, 0.15) is 6.04 Å². The van der Waals surface area contributed by atoms with Gasteiger partial charge in [-0.05, 0) is 41.0 Å². The van der Waals surface area contributed by atoms with Crippen LogP contribution in [0.25, 0.3) is 21.2 Å². The number of rotatable bonds is 3. The molecule has 0 bridgehead atoms. The lowest BCUT2D eigenvalue weighted by Crippen LogP contribution is -2.31. The van der Waals surface area contributed by atoms with Crippen molar-refractivity contribution in [2.75, 3.05) is 5.32 Å². The lowest BCUT2D eigenvalue weighted by Gasteiger charge is -2.24. The Balaban J connectivity index is 1.37. The van der Waals surface area contributed by atoms with Crippen molar-refractivity contribution in [1.29, 1.82) is 0 Å². The van der Waals surface area contributed by atoms with Gasteiger partial charge in [-0.2, -0.15) is 0 Å². The average Bonchev–Trinajstić information content (AvgIpc) is 3.38. The molecule has 0 fully saturated rings. The lowest BCUT2D eigenvalue weighted by atomic mass is 10.0. The molecule has 1 amide bonds. The topological polar surface area (TPSA) is 64.0 Å². The second-order valence-electron chi connectivity index (χ2n) is 6.86. The predicted molar refractivity (Wildman–Crippen MR) is 111 cm³/mol. The number of carbonyl (C=O) groups excluding carboxylic acids is 2. The summed E-state index contributed by atoms with van der Waals surface area (Å²) in [6.07, 6.45) is 4.48. The SMILES string of the molecule is O=C1CCC(C(=O)Nc2ncc(-c3ccc4ccccc4c3)s2)n2cccc21. The summed E-state index contributed by atoms with van der Waals surface area (Å²) in [4.78, 5) is 30.1. The van der Waals surface area contributed by atoms with E-state index in [0.29, 0.717) is 23.7 Å². The number of amides is 1. The summed E-state index contributed by atoms with van der Waals surface area (Å²) in [5, 5.41) is 5.85. The average molecular weight is 387 g/mol. The molecular formula is C22H17N3O2S. The second kappa shape index (κ2) is 6.73. The fraction of sp³-hybridized carbons (Fsp3) is 0.136. The third kappa shape index (κ3) is 2.92. The number of nitrogens with one attached hydrogen (secondary N) is 1. The minimum Gasteiger partial charge on any atom is -0.333 e. The van der Waals surface area contributed by atoms with Crippen LogP contribution in [0.3, 0.4) is 0 Å². The van der Waals surface area contributed by atoms with E-state index in [9.17, 15) is 9.59 Å². The smallest absolute Gasteiger partial charge is 0.249 e. The molecule has 0 radical (unpaired) electrons. The number of ketones is 1.